The molecule has 1 N–H and O–H groups in total. The lowest BCUT2D eigenvalue weighted by atomic mass is 10.1. The van der Waals surface area contributed by atoms with Crippen molar-refractivity contribution in [2.45, 2.75) is 0 Å². The zero-order chi connectivity index (χ0) is 14.8. The molecule has 0 bridgehead atoms. The average Bonchev–Trinajstić information content (AvgIpc) is 3.22. The van der Waals surface area contributed by atoms with E-state index in [0.29, 0.717) is 5.82 Å². The van der Waals surface area contributed by atoms with Gasteiger partial charge in [0.15, 0.2) is 5.01 Å². The molecular formula is C16H9N5S. The van der Waals surface area contributed by atoms with Crippen molar-refractivity contribution in [1.82, 2.24) is 25.6 Å². The van der Waals surface area contributed by atoms with Crippen molar-refractivity contribution in [2.24, 2.45) is 0 Å². The number of aromatic amines is 1. The minimum atomic E-state index is 0.559. The highest BCUT2D eigenvalue weighted by Gasteiger charge is 2.03. The van der Waals surface area contributed by atoms with Crippen LogP contribution in [0.2, 0.25) is 0 Å². The van der Waals surface area contributed by atoms with Gasteiger partial charge in [-0.1, -0.05) is 30.2 Å². The molecule has 0 spiro atoms. The van der Waals surface area contributed by atoms with Crippen LogP contribution in [0.3, 0.4) is 0 Å². The normalized spacial score (nSPS) is 10.4. The minimum Gasteiger partial charge on any atom is -0.228 e. The van der Waals surface area contributed by atoms with Crippen molar-refractivity contribution in [1.29, 1.82) is 0 Å². The second-order valence-electron chi connectivity index (χ2n) is 4.55. The van der Waals surface area contributed by atoms with E-state index in [-0.39, 0.29) is 0 Å². The molecule has 4 aromatic rings. The second-order valence-corrected chi connectivity index (χ2v) is 5.58. The summed E-state index contributed by atoms with van der Waals surface area (Å²) in [6.07, 6.45) is 0. The van der Waals surface area contributed by atoms with Crippen molar-refractivity contribution < 1.29 is 0 Å². The summed E-state index contributed by atoms with van der Waals surface area (Å²) >= 11 is 1.59. The number of tetrazole rings is 1. The minimum absolute atomic E-state index is 0.559. The van der Waals surface area contributed by atoms with E-state index in [1.165, 1.54) is 0 Å². The van der Waals surface area contributed by atoms with E-state index >= 15 is 0 Å². The third-order valence-electron chi connectivity index (χ3n) is 3.07. The summed E-state index contributed by atoms with van der Waals surface area (Å²) in [5.41, 5.74) is 2.75. The molecule has 5 nitrogen and oxygen atoms in total. The Morgan fingerprint density at radius 1 is 1.00 bits per heavy atom. The molecule has 6 heteroatoms. The van der Waals surface area contributed by atoms with Crippen LogP contribution in [0.15, 0.2) is 48.5 Å². The van der Waals surface area contributed by atoms with Crippen LogP contribution in [-0.2, 0) is 0 Å². The number of benzene rings is 2. The Labute approximate surface area is 130 Å². The average molecular weight is 303 g/mol. The lowest BCUT2D eigenvalue weighted by Gasteiger charge is -1.94. The number of nitrogens with zero attached hydrogens (tertiary/aromatic N) is 4. The summed E-state index contributed by atoms with van der Waals surface area (Å²) in [6.45, 7) is 0. The van der Waals surface area contributed by atoms with Crippen molar-refractivity contribution in [2.75, 3.05) is 0 Å². The number of H-pyrrole nitrogens is 1. The summed E-state index contributed by atoms with van der Waals surface area (Å²) < 4.78 is 1.15. The summed E-state index contributed by atoms with van der Waals surface area (Å²) in [6, 6.07) is 15.8. The van der Waals surface area contributed by atoms with Crippen LogP contribution in [0.5, 0.6) is 0 Å². The van der Waals surface area contributed by atoms with E-state index in [1.54, 1.807) is 11.3 Å². The number of hydrogen-bond donors (Lipinski definition) is 1. The Morgan fingerprint density at radius 3 is 2.82 bits per heavy atom. The zero-order valence-corrected chi connectivity index (χ0v) is 12.1. The topological polar surface area (TPSA) is 67.3 Å². The Hall–Kier alpha value is -3.04. The van der Waals surface area contributed by atoms with Crippen LogP contribution >= 0.6 is 11.3 Å². The fraction of sp³-hybridized carbons (Fsp3) is 0. The van der Waals surface area contributed by atoms with Gasteiger partial charge in [-0.2, -0.15) is 5.21 Å². The number of thiazole rings is 1. The third-order valence-corrected chi connectivity index (χ3v) is 4.03. The van der Waals surface area contributed by atoms with Crippen LogP contribution in [0, 0.1) is 11.8 Å². The molecule has 0 saturated carbocycles. The first-order valence-corrected chi connectivity index (χ1v) is 7.42. The van der Waals surface area contributed by atoms with E-state index in [9.17, 15) is 0 Å². The van der Waals surface area contributed by atoms with Gasteiger partial charge >= 0.3 is 0 Å². The van der Waals surface area contributed by atoms with Gasteiger partial charge in [-0.25, -0.2) is 4.98 Å². The van der Waals surface area contributed by atoms with Gasteiger partial charge in [0.1, 0.15) is 0 Å². The quantitative estimate of drug-likeness (QED) is 0.549. The predicted molar refractivity (Wildman–Crippen MR) is 85.2 cm³/mol. The molecule has 0 unspecified atom stereocenters. The van der Waals surface area contributed by atoms with Crippen molar-refractivity contribution >= 4 is 21.6 Å². The van der Waals surface area contributed by atoms with Gasteiger partial charge in [0.2, 0.25) is 5.82 Å². The Kier molecular flexibility index (Phi) is 3.11. The second kappa shape index (κ2) is 5.39. The molecule has 0 atom stereocenters. The number of fused-ring (bicyclic) bond motifs is 1. The molecule has 0 amide bonds. The maximum Gasteiger partial charge on any atom is 0.204 e. The molecule has 22 heavy (non-hydrogen) atoms. The first-order chi connectivity index (χ1) is 10.9. The van der Waals surface area contributed by atoms with Crippen LogP contribution in [0.25, 0.3) is 21.6 Å². The standard InChI is InChI=1S/C16H9N5S/c1-2-7-14-13(6-1)17-15(22-14)9-8-11-4-3-5-12(10-11)16-18-20-21-19-16/h1-7,10H,(H,18,19,20,21). The lowest BCUT2D eigenvalue weighted by Crippen LogP contribution is -1.83. The molecule has 0 radical (unpaired) electrons. The Balaban J connectivity index is 1.68. The first-order valence-electron chi connectivity index (χ1n) is 6.60. The van der Waals surface area contributed by atoms with Gasteiger partial charge in [0.05, 0.1) is 10.2 Å². The fourth-order valence-electron chi connectivity index (χ4n) is 2.07. The smallest absolute Gasteiger partial charge is 0.204 e. The van der Waals surface area contributed by atoms with Crippen LogP contribution < -0.4 is 0 Å². The SMILES string of the molecule is C(#Cc1nc2ccccc2s1)c1cccc(-c2nn[nH]n2)c1. The highest BCUT2D eigenvalue weighted by atomic mass is 32.1. The van der Waals surface area contributed by atoms with Gasteiger partial charge in [-0.3, -0.25) is 0 Å². The van der Waals surface area contributed by atoms with Crippen LogP contribution in [0.1, 0.15) is 10.6 Å². The van der Waals surface area contributed by atoms with Gasteiger partial charge in [-0.05, 0) is 35.4 Å². The Bertz CT molecular complexity index is 959. The molecule has 0 aliphatic carbocycles. The highest BCUT2D eigenvalue weighted by molar-refractivity contribution is 7.19. The van der Waals surface area contributed by atoms with Gasteiger partial charge in [-0.15, -0.1) is 21.5 Å². The number of para-hydroxylation sites is 1. The number of hydrogen-bond acceptors (Lipinski definition) is 5. The lowest BCUT2D eigenvalue weighted by molar-refractivity contribution is 0.881. The molecule has 104 valence electrons. The van der Waals surface area contributed by atoms with E-state index < -0.39 is 0 Å². The largest absolute Gasteiger partial charge is 0.228 e. The van der Waals surface area contributed by atoms with Crippen LogP contribution in [0.4, 0.5) is 0 Å². The monoisotopic (exact) mass is 303 g/mol. The summed E-state index contributed by atoms with van der Waals surface area (Å²) in [7, 11) is 0. The molecule has 2 aromatic heterocycles. The van der Waals surface area contributed by atoms with Gasteiger partial charge in [0, 0.05) is 11.1 Å². The van der Waals surface area contributed by atoms with Crippen molar-refractivity contribution in [3.63, 3.8) is 0 Å². The van der Waals surface area contributed by atoms with E-state index in [0.717, 1.165) is 26.4 Å². The van der Waals surface area contributed by atoms with Crippen molar-refractivity contribution in [3.8, 4) is 23.2 Å². The molecule has 2 heterocycles. The Morgan fingerprint density at radius 2 is 1.95 bits per heavy atom. The highest BCUT2D eigenvalue weighted by Crippen LogP contribution is 2.21. The summed E-state index contributed by atoms with van der Waals surface area (Å²) in [4.78, 5) is 4.51. The van der Waals surface area contributed by atoms with Crippen molar-refractivity contribution in [3.05, 3.63) is 59.1 Å². The molecule has 0 aliphatic heterocycles. The summed E-state index contributed by atoms with van der Waals surface area (Å²) in [5.74, 6) is 6.81. The van der Waals surface area contributed by atoms with Gasteiger partial charge < -0.3 is 0 Å². The number of nitrogens with one attached hydrogen (secondary N) is 1. The first kappa shape index (κ1) is 12.7. The molecule has 0 fully saturated rings. The predicted octanol–water partition coefficient (Wildman–Crippen LogP) is 2.88. The van der Waals surface area contributed by atoms with E-state index in [2.05, 4.69) is 43.5 Å². The summed E-state index contributed by atoms with van der Waals surface area (Å²) in [5, 5.41) is 14.8. The number of aromatic nitrogens is 5. The van der Waals surface area contributed by atoms with E-state index in [1.807, 2.05) is 42.5 Å². The third kappa shape index (κ3) is 2.45. The fourth-order valence-corrected chi connectivity index (χ4v) is 2.89. The molecule has 2 aromatic carbocycles. The molecular weight excluding hydrogens is 294 g/mol. The zero-order valence-electron chi connectivity index (χ0n) is 11.3. The maximum absolute atomic E-state index is 4.51. The van der Waals surface area contributed by atoms with Crippen LogP contribution in [-0.4, -0.2) is 25.6 Å². The number of rotatable bonds is 1. The molecule has 0 saturated heterocycles. The molecule has 4 rings (SSSR count). The van der Waals surface area contributed by atoms with Gasteiger partial charge in [0.25, 0.3) is 0 Å². The maximum atomic E-state index is 4.51. The van der Waals surface area contributed by atoms with E-state index in [4.69, 9.17) is 0 Å². The molecule has 0 aliphatic rings.